The van der Waals surface area contributed by atoms with Gasteiger partial charge in [-0.25, -0.2) is 0 Å². The van der Waals surface area contributed by atoms with Gasteiger partial charge in [-0.2, -0.15) is 0 Å². The Morgan fingerprint density at radius 2 is 2.21 bits per heavy atom. The zero-order valence-electron chi connectivity index (χ0n) is 13.8. The van der Waals surface area contributed by atoms with Crippen LogP contribution in [0.25, 0.3) is 0 Å². The van der Waals surface area contributed by atoms with Crippen LogP contribution in [-0.2, 0) is 16.6 Å². The molecule has 2 aliphatic carbocycles. The van der Waals surface area contributed by atoms with Crippen LogP contribution in [0.2, 0.25) is 0 Å². The molecule has 2 bridgehead atoms. The molecule has 0 aromatic heterocycles. The van der Waals surface area contributed by atoms with Crippen LogP contribution < -0.4 is 4.74 Å². The van der Waals surface area contributed by atoms with Crippen LogP contribution in [0.4, 0.5) is 0 Å². The number of hydrogen-bond acceptors (Lipinski definition) is 5. The van der Waals surface area contributed by atoms with Crippen molar-refractivity contribution in [3.05, 3.63) is 35.4 Å². The van der Waals surface area contributed by atoms with Gasteiger partial charge in [0.25, 0.3) is 0 Å². The van der Waals surface area contributed by atoms with E-state index >= 15 is 0 Å². The molecule has 0 amide bonds. The van der Waals surface area contributed by atoms with Crippen molar-refractivity contribution in [2.75, 3.05) is 13.6 Å². The molecule has 2 N–H and O–H groups in total. The number of aromatic hydroxyl groups is 1. The Morgan fingerprint density at radius 3 is 2.96 bits per heavy atom. The number of likely N-dealkylation sites (N-methyl/N-ethyl adjacent to an activating group) is 1. The third-order valence-electron chi connectivity index (χ3n) is 6.80. The summed E-state index contributed by atoms with van der Waals surface area (Å²) < 4.78 is 6.13. The molecule has 1 aromatic rings. The van der Waals surface area contributed by atoms with E-state index < -0.39 is 17.1 Å². The zero-order chi connectivity index (χ0) is 16.9. The molecule has 5 nitrogen and oxygen atoms in total. The summed E-state index contributed by atoms with van der Waals surface area (Å²) in [6, 6.07) is 3.95. The van der Waals surface area contributed by atoms with Crippen LogP contribution in [0, 0.1) is 5.92 Å². The number of likely N-dealkylation sites (tertiary alicyclic amines) is 1. The Kier molecular flexibility index (Phi) is 2.54. The fraction of sp³-hybridized carbons (Fsp3) is 0.526. The largest absolute Gasteiger partial charge is 0.504 e. The van der Waals surface area contributed by atoms with Crippen LogP contribution in [0.3, 0.4) is 0 Å². The average Bonchev–Trinajstić information content (AvgIpc) is 2.91. The van der Waals surface area contributed by atoms with Crippen molar-refractivity contribution in [1.82, 2.24) is 4.90 Å². The first kappa shape index (κ1) is 14.5. The number of Topliss-reactive ketones (excluding diaryl/α,β-unsaturated/α-hetero) is 1. The summed E-state index contributed by atoms with van der Waals surface area (Å²) in [5.74, 6) is 0.427. The predicted molar refractivity (Wildman–Crippen MR) is 87.2 cm³/mol. The van der Waals surface area contributed by atoms with Crippen molar-refractivity contribution in [2.24, 2.45) is 5.92 Å². The summed E-state index contributed by atoms with van der Waals surface area (Å²) in [6.45, 7) is 2.29. The number of piperidine rings is 1. The molecule has 5 heteroatoms. The molecule has 1 fully saturated rings. The lowest BCUT2D eigenvalue weighted by Crippen LogP contribution is -2.69. The van der Waals surface area contributed by atoms with E-state index in [4.69, 9.17) is 4.74 Å². The molecule has 0 unspecified atom stereocenters. The number of ketones is 1. The Hall–Kier alpha value is -1.85. The molecule has 0 radical (unpaired) electrons. The maximum Gasteiger partial charge on any atom is 0.178 e. The maximum absolute atomic E-state index is 12.3. The Bertz CT molecular complexity index is 803. The van der Waals surface area contributed by atoms with Gasteiger partial charge in [-0.1, -0.05) is 12.1 Å². The summed E-state index contributed by atoms with van der Waals surface area (Å²) in [5.41, 5.74) is 0.107. The summed E-state index contributed by atoms with van der Waals surface area (Å²) >= 11 is 0. The molecule has 4 aliphatic rings. The van der Waals surface area contributed by atoms with E-state index in [-0.39, 0.29) is 17.5 Å². The van der Waals surface area contributed by atoms with E-state index in [1.165, 1.54) is 12.5 Å². The number of phenolic OH excluding ortho intramolecular Hbond substituents is 1. The number of carbonyl (C=O) groups excluding carboxylic acids is 1. The smallest absolute Gasteiger partial charge is 0.178 e. The van der Waals surface area contributed by atoms with Gasteiger partial charge in [-0.15, -0.1) is 0 Å². The molecule has 126 valence electrons. The number of nitrogens with zero attached hydrogens (tertiary/aromatic N) is 1. The second-order valence-electron chi connectivity index (χ2n) is 7.75. The lowest BCUT2D eigenvalue weighted by molar-refractivity contribution is -0.148. The minimum Gasteiger partial charge on any atom is -0.504 e. The SMILES string of the molecule is CC(=O)[C@]1(O)C=C[C@H]2[C@H]3Cc4ccc(O)c5c4[C@@]2(CCN3C)[C@H]1O5. The Balaban J connectivity index is 1.84. The van der Waals surface area contributed by atoms with Gasteiger partial charge in [0.1, 0.15) is 6.10 Å². The standard InChI is InChI=1S/C19H21NO4/c1-10(21)19(23)6-5-12-13-9-11-3-4-14(22)16-15(11)18(12,17(19)24-16)7-8-20(13)2/h3-6,12-13,17,22-23H,7-9H2,1-2H3/t12-,13+,17+,18-,19+/m0/s1. The first-order valence-electron chi connectivity index (χ1n) is 8.54. The fourth-order valence-corrected chi connectivity index (χ4v) is 5.61. The number of phenols is 1. The highest BCUT2D eigenvalue weighted by Crippen LogP contribution is 2.63. The molecule has 1 aromatic carbocycles. The van der Waals surface area contributed by atoms with E-state index in [2.05, 4.69) is 11.9 Å². The van der Waals surface area contributed by atoms with Gasteiger partial charge in [0, 0.05) is 22.9 Å². The predicted octanol–water partition coefficient (Wildman–Crippen LogP) is 1.16. The van der Waals surface area contributed by atoms with Gasteiger partial charge in [0.05, 0.1) is 0 Å². The highest BCUT2D eigenvalue weighted by molar-refractivity contribution is 5.89. The van der Waals surface area contributed by atoms with Gasteiger partial charge in [0.15, 0.2) is 22.9 Å². The molecule has 5 rings (SSSR count). The van der Waals surface area contributed by atoms with Crippen LogP contribution in [0.1, 0.15) is 24.5 Å². The maximum atomic E-state index is 12.3. The summed E-state index contributed by atoms with van der Waals surface area (Å²) in [5, 5.41) is 21.5. The number of benzene rings is 1. The van der Waals surface area contributed by atoms with Gasteiger partial charge >= 0.3 is 0 Å². The van der Waals surface area contributed by atoms with Crippen LogP contribution in [0.15, 0.2) is 24.3 Å². The number of carbonyl (C=O) groups is 1. The van der Waals surface area contributed by atoms with Gasteiger partial charge < -0.3 is 19.8 Å². The number of aliphatic hydroxyl groups is 1. The zero-order valence-corrected chi connectivity index (χ0v) is 13.8. The highest BCUT2D eigenvalue weighted by Gasteiger charge is 2.68. The third kappa shape index (κ3) is 1.38. The molecule has 2 aliphatic heterocycles. The van der Waals surface area contributed by atoms with Crippen molar-refractivity contribution >= 4 is 5.78 Å². The quantitative estimate of drug-likeness (QED) is 0.758. The Labute approximate surface area is 140 Å². The minimum absolute atomic E-state index is 0.0968. The first-order valence-corrected chi connectivity index (χ1v) is 8.54. The number of ether oxygens (including phenoxy) is 1. The fourth-order valence-electron chi connectivity index (χ4n) is 5.61. The third-order valence-corrected chi connectivity index (χ3v) is 6.80. The van der Waals surface area contributed by atoms with Gasteiger partial charge in [0.2, 0.25) is 0 Å². The normalized spacial score (nSPS) is 41.7. The van der Waals surface area contributed by atoms with Gasteiger partial charge in [-0.05, 0) is 51.1 Å². The first-order chi connectivity index (χ1) is 11.4. The van der Waals surface area contributed by atoms with Crippen LogP contribution in [-0.4, -0.2) is 52.2 Å². The van der Waals surface area contributed by atoms with E-state index in [1.807, 2.05) is 12.1 Å². The van der Waals surface area contributed by atoms with E-state index in [9.17, 15) is 15.0 Å². The van der Waals surface area contributed by atoms with E-state index in [0.717, 1.165) is 24.9 Å². The summed E-state index contributed by atoms with van der Waals surface area (Å²) in [6.07, 6.45) is 4.67. The molecular formula is C19H21NO4. The van der Waals surface area contributed by atoms with Crippen LogP contribution in [0.5, 0.6) is 11.5 Å². The van der Waals surface area contributed by atoms with Gasteiger partial charge in [-0.3, -0.25) is 4.79 Å². The topological polar surface area (TPSA) is 70.0 Å². The number of hydrogen-bond donors (Lipinski definition) is 2. The second kappa shape index (κ2) is 4.21. The molecule has 1 spiro atoms. The lowest BCUT2D eigenvalue weighted by Gasteiger charge is -2.58. The monoisotopic (exact) mass is 327 g/mol. The minimum atomic E-state index is -1.64. The van der Waals surface area contributed by atoms with Crippen molar-refractivity contribution in [2.45, 2.75) is 42.9 Å². The van der Waals surface area contributed by atoms with Crippen molar-refractivity contribution in [1.29, 1.82) is 0 Å². The number of rotatable bonds is 1. The summed E-state index contributed by atoms with van der Waals surface area (Å²) in [4.78, 5) is 14.6. The van der Waals surface area contributed by atoms with Crippen molar-refractivity contribution in [3.8, 4) is 11.5 Å². The van der Waals surface area contributed by atoms with Crippen molar-refractivity contribution in [3.63, 3.8) is 0 Å². The van der Waals surface area contributed by atoms with Crippen molar-refractivity contribution < 1.29 is 19.7 Å². The second-order valence-corrected chi connectivity index (χ2v) is 7.75. The highest BCUT2D eigenvalue weighted by atomic mass is 16.5. The van der Waals surface area contributed by atoms with E-state index in [1.54, 1.807) is 12.1 Å². The molecular weight excluding hydrogens is 306 g/mol. The van der Waals surface area contributed by atoms with Crippen LogP contribution >= 0.6 is 0 Å². The molecule has 24 heavy (non-hydrogen) atoms. The lowest BCUT2D eigenvalue weighted by atomic mass is 9.51. The average molecular weight is 327 g/mol. The van der Waals surface area contributed by atoms with E-state index in [0.29, 0.717) is 11.8 Å². The molecule has 1 saturated heterocycles. The Morgan fingerprint density at radius 1 is 1.42 bits per heavy atom. The molecule has 5 atom stereocenters. The summed E-state index contributed by atoms with van der Waals surface area (Å²) in [7, 11) is 2.13. The molecule has 2 heterocycles. The molecule has 0 saturated carbocycles.